The topological polar surface area (TPSA) is 281 Å². The number of hydrazone groups is 1. The smallest absolute Gasteiger partial charge is 0.391 e. The molecule has 0 aromatic heterocycles. The summed E-state index contributed by atoms with van der Waals surface area (Å²) in [6, 6.07) is 15.2. The summed E-state index contributed by atoms with van der Waals surface area (Å²) in [7, 11) is -2.62. The molecule has 22 nitrogen and oxygen atoms in total. The molecular weight excluding hydrogens is 1100 g/mol. The lowest BCUT2D eigenvalue weighted by Gasteiger charge is -2.30. The number of unbranched alkanes of at least 4 members (excludes halogenated alkanes) is 3. The van der Waals surface area contributed by atoms with Gasteiger partial charge in [0.2, 0.25) is 23.6 Å². The Morgan fingerprint density at radius 2 is 1.18 bits per heavy atom. The largest absolute Gasteiger partial charge is 0.694 e. The Bertz CT molecular complexity index is 2060. The lowest BCUT2D eigenvalue weighted by atomic mass is 9.91. The maximum Gasteiger partial charge on any atom is 0.694 e. The van der Waals surface area contributed by atoms with Crippen LogP contribution in [0.4, 0.5) is 5.69 Å². The number of likely N-dealkylation sites (tertiary alicyclic amines) is 1. The van der Waals surface area contributed by atoms with E-state index in [-0.39, 0.29) is 60.2 Å². The third-order valence-electron chi connectivity index (χ3n) is 11.5. The molecule has 3 atom stereocenters. The predicted molar refractivity (Wildman–Crippen MR) is 285 cm³/mol. The highest BCUT2D eigenvalue weighted by atomic mass is 127. The lowest BCUT2D eigenvalue weighted by Crippen LogP contribution is -2.36. The van der Waals surface area contributed by atoms with Crippen LogP contribution in [0.5, 0.6) is 0 Å². The number of benzene rings is 2. The Morgan fingerprint density at radius 1 is 0.635 bits per heavy atom. The van der Waals surface area contributed by atoms with Crippen LogP contribution in [0.25, 0.3) is 0 Å². The molecule has 2 aliphatic heterocycles. The number of anilines is 1. The van der Waals surface area contributed by atoms with E-state index in [0.29, 0.717) is 167 Å². The number of β-amino-alcohol motifs (C(OH)–C–C–N with tert-alkyl or cyclic N) is 1. The zero-order valence-corrected chi connectivity index (χ0v) is 45.4. The molecule has 0 bridgehead atoms. The number of carbonyl (C=O) groups is 4. The van der Waals surface area contributed by atoms with Gasteiger partial charge in [0, 0.05) is 67.4 Å². The van der Waals surface area contributed by atoms with Gasteiger partial charge in [0.25, 0.3) is 0 Å². The number of hydrogen-bond acceptors (Lipinski definition) is 17. The Morgan fingerprint density at radius 3 is 1.82 bits per heavy atom. The second-order valence-electron chi connectivity index (χ2n) is 17.1. The Balaban J connectivity index is 1.06. The van der Waals surface area contributed by atoms with E-state index in [9.17, 15) is 28.8 Å². The summed E-state index contributed by atoms with van der Waals surface area (Å²) >= 11 is 2.20. The van der Waals surface area contributed by atoms with Gasteiger partial charge >= 0.3 is 8.25 Å². The Kier molecular flexibility index (Phi) is 32.4. The minimum atomic E-state index is -2.62. The molecule has 0 spiro atoms. The van der Waals surface area contributed by atoms with Crippen LogP contribution in [0, 0.1) is 0 Å². The van der Waals surface area contributed by atoms with Crippen LogP contribution in [0.3, 0.4) is 0 Å². The predicted octanol–water partition coefficient (Wildman–Crippen LogP) is 3.57. The van der Waals surface area contributed by atoms with Crippen molar-refractivity contribution in [2.75, 3.05) is 130 Å². The number of fused-ring (bicyclic) bond motifs is 2. The maximum absolute atomic E-state index is 14.0. The van der Waals surface area contributed by atoms with Gasteiger partial charge in [-0.2, -0.15) is 5.10 Å². The average molecular weight is 1170 g/mol. The van der Waals surface area contributed by atoms with Crippen molar-refractivity contribution in [1.82, 2.24) is 15.5 Å². The Hall–Kier alpha value is -4.11. The van der Waals surface area contributed by atoms with Crippen molar-refractivity contribution in [1.29, 1.82) is 0 Å². The molecule has 0 saturated carbocycles. The number of aliphatic hydroxyl groups is 1. The monoisotopic (exact) mass is 1170 g/mol. The van der Waals surface area contributed by atoms with Crippen molar-refractivity contribution in [2.45, 2.75) is 80.9 Å². The van der Waals surface area contributed by atoms with Crippen molar-refractivity contribution in [3.63, 3.8) is 0 Å². The number of aliphatic hydroxyl groups excluding tert-OH is 1. The van der Waals surface area contributed by atoms with E-state index in [1.54, 1.807) is 9.80 Å². The zero-order valence-electron chi connectivity index (χ0n) is 42.4. The first-order valence-electron chi connectivity index (χ1n) is 25.4. The molecule has 412 valence electrons. The molecule has 24 heteroatoms. The van der Waals surface area contributed by atoms with Crippen LogP contribution < -0.4 is 21.4 Å². The van der Waals surface area contributed by atoms with E-state index in [0.717, 1.165) is 30.4 Å². The van der Waals surface area contributed by atoms with Crippen molar-refractivity contribution in [3.8, 4) is 0 Å². The fourth-order valence-corrected chi connectivity index (χ4v) is 9.15. The van der Waals surface area contributed by atoms with E-state index in [2.05, 4.69) is 42.8 Å². The highest BCUT2D eigenvalue weighted by molar-refractivity contribution is 14.1. The fourth-order valence-electron chi connectivity index (χ4n) is 7.80. The van der Waals surface area contributed by atoms with E-state index in [1.807, 2.05) is 48.5 Å². The quantitative estimate of drug-likeness (QED) is 0.0122. The van der Waals surface area contributed by atoms with Gasteiger partial charge in [-0.05, 0) is 37.3 Å². The van der Waals surface area contributed by atoms with Crippen LogP contribution in [-0.2, 0) is 68.0 Å². The molecule has 4 rings (SSSR count). The second kappa shape index (κ2) is 38.4. The summed E-state index contributed by atoms with van der Waals surface area (Å²) in [6.45, 7) is 6.64. The van der Waals surface area contributed by atoms with Gasteiger partial charge in [0.1, 0.15) is 12.3 Å². The van der Waals surface area contributed by atoms with Crippen molar-refractivity contribution in [2.24, 2.45) is 15.9 Å². The molecule has 2 aliphatic rings. The third kappa shape index (κ3) is 25.2. The van der Waals surface area contributed by atoms with E-state index in [4.69, 9.17) is 48.9 Å². The summed E-state index contributed by atoms with van der Waals surface area (Å²) in [5, 5.41) is 19.7. The standard InChI is InChI=1S/C50H75IN7O15P/c51-44-36-40(59)38-58(44)48(63)15-2-1-9-18-53-46(61)17-21-66-24-27-69-30-31-70-29-26-68-23-20-55-49-42-12-5-6-13-43(42)57(37-39-10-3-4-11-41(39)50(49)56-52)47(62)16-8-7-14-45(60)54-19-22-67-25-28-71-32-33-72-34-35-73-74(64)65/h3-6,10-13,40,44,59H,1-2,7-9,14-38H2,(H4-,52,53,54,55,60,61,64,65)/p+1/t40-,44+/m1/s1. The molecule has 0 radical (unpaired) electrons. The number of hydrogen-bond donors (Lipinski definition) is 5. The molecule has 4 amide bonds. The fraction of sp³-hybridized carbons (Fsp3) is 0.640. The molecular formula is C50H76IN7O15P+. The van der Waals surface area contributed by atoms with Crippen LogP contribution in [0.15, 0.2) is 58.6 Å². The van der Waals surface area contributed by atoms with Crippen LogP contribution in [0.1, 0.15) is 80.9 Å². The number of ether oxygens (including phenoxy) is 7. The summed E-state index contributed by atoms with van der Waals surface area (Å²) in [6.07, 6.45) is 4.86. The first-order valence-corrected chi connectivity index (χ1v) is 27.8. The number of alkyl halides is 1. The number of rotatable bonds is 39. The van der Waals surface area contributed by atoms with Crippen molar-refractivity contribution in [3.05, 3.63) is 65.2 Å². The SMILES string of the molecule is NN=C1C(=NCCOCCOCCOCCOCCC(=O)NCCCCCC(=O)N2C[C@H](O)C[C@H]2I)c2ccccc2N(C(=O)CCCCC(=O)NCCOCCOCCOCCO[P+](=O)O)Cc2ccccc21. The Labute approximate surface area is 448 Å². The van der Waals surface area contributed by atoms with Gasteiger partial charge in [0.05, 0.1) is 127 Å². The number of halogens is 1. The third-order valence-corrected chi connectivity index (χ3v) is 13.1. The van der Waals surface area contributed by atoms with Crippen LogP contribution >= 0.6 is 30.8 Å². The summed E-state index contributed by atoms with van der Waals surface area (Å²) in [5.74, 6) is 5.85. The lowest BCUT2D eigenvalue weighted by molar-refractivity contribution is -0.131. The number of carbonyl (C=O) groups excluding carboxylic acids is 4. The first kappa shape index (κ1) is 62.4. The van der Waals surface area contributed by atoms with Gasteiger partial charge in [-0.15, -0.1) is 9.42 Å². The number of nitrogens with one attached hydrogen (secondary N) is 2. The van der Waals surface area contributed by atoms with Crippen molar-refractivity contribution < 1.29 is 71.4 Å². The molecule has 2 heterocycles. The minimum Gasteiger partial charge on any atom is -0.391 e. The average Bonchev–Trinajstić information content (AvgIpc) is 3.74. The molecule has 1 unspecified atom stereocenters. The number of aliphatic imine (C=N–C) groups is 1. The van der Waals surface area contributed by atoms with Gasteiger partial charge in [-0.1, -0.05) is 71.5 Å². The van der Waals surface area contributed by atoms with Gasteiger partial charge in [0.15, 0.2) is 0 Å². The van der Waals surface area contributed by atoms with E-state index >= 15 is 0 Å². The van der Waals surface area contributed by atoms with Gasteiger partial charge in [-0.25, -0.2) is 0 Å². The number of nitrogens with zero attached hydrogens (tertiary/aromatic N) is 4. The van der Waals surface area contributed by atoms with Crippen molar-refractivity contribution >= 4 is 71.6 Å². The molecule has 2 aromatic carbocycles. The van der Waals surface area contributed by atoms with Gasteiger partial charge in [-0.3, -0.25) is 24.2 Å². The van der Waals surface area contributed by atoms with E-state index < -0.39 is 14.4 Å². The van der Waals surface area contributed by atoms with Crippen LogP contribution in [0.2, 0.25) is 0 Å². The summed E-state index contributed by atoms with van der Waals surface area (Å²) in [5.41, 5.74) is 4.08. The number of para-hydroxylation sites is 1. The number of nitrogens with two attached hydrogens (primary N) is 1. The van der Waals surface area contributed by atoms with Gasteiger partial charge < -0.3 is 64.5 Å². The molecule has 0 aliphatic carbocycles. The normalized spacial score (nSPS) is 16.7. The zero-order chi connectivity index (χ0) is 53.0. The molecule has 1 saturated heterocycles. The second-order valence-corrected chi connectivity index (χ2v) is 19.2. The summed E-state index contributed by atoms with van der Waals surface area (Å²) < 4.78 is 53.7. The maximum atomic E-state index is 14.0. The highest BCUT2D eigenvalue weighted by Gasteiger charge is 2.32. The number of amides is 4. The molecule has 2 aromatic rings. The minimum absolute atomic E-state index is 0.0290. The molecule has 6 N–H and O–H groups in total. The first-order chi connectivity index (χ1) is 36.1. The van der Waals surface area contributed by atoms with E-state index in [1.165, 1.54) is 0 Å². The van der Waals surface area contributed by atoms with Crippen LogP contribution in [-0.4, -0.2) is 185 Å². The molecule has 74 heavy (non-hydrogen) atoms. The molecule has 1 fully saturated rings. The highest BCUT2D eigenvalue weighted by Crippen LogP contribution is 2.30. The summed E-state index contributed by atoms with van der Waals surface area (Å²) in [4.78, 5) is 67.9.